The van der Waals surface area contributed by atoms with E-state index in [1.807, 2.05) is 6.07 Å². The van der Waals surface area contributed by atoms with E-state index >= 15 is 0 Å². The normalized spacial score (nSPS) is 9.25. The number of carbonyl (C=O) groups is 1. The fraction of sp³-hybridized carbons (Fsp3) is 0. The molecule has 2 rings (SSSR count). The van der Waals surface area contributed by atoms with Gasteiger partial charge in [0.15, 0.2) is 0 Å². The van der Waals surface area contributed by atoms with E-state index in [-0.39, 0.29) is 31.4 Å². The van der Waals surface area contributed by atoms with Gasteiger partial charge >= 0.3 is 0 Å². The van der Waals surface area contributed by atoms with Crippen molar-refractivity contribution in [1.82, 2.24) is 4.98 Å². The number of phenols is 1. The largest absolute Gasteiger partial charge is 0.551 e. The zero-order chi connectivity index (χ0) is 10.7. The van der Waals surface area contributed by atoms with E-state index in [1.54, 1.807) is 24.4 Å². The molecule has 0 saturated heterocycles. The molecule has 1 N–H and O–H groups in total. The molecule has 2 aromatic rings. The summed E-state index contributed by atoms with van der Waals surface area (Å²) in [7, 11) is 0. The predicted octanol–water partition coefficient (Wildman–Crippen LogP) is 2.06. The zero-order valence-electron chi connectivity index (χ0n) is 8.18. The minimum absolute atomic E-state index is 0. The third-order valence-corrected chi connectivity index (χ3v) is 2.05. The van der Waals surface area contributed by atoms with Gasteiger partial charge < -0.3 is 10.1 Å². The molecular formula is C12H8IrNO2-. The Labute approximate surface area is 107 Å². The SMILES string of the molecule is O=Cc1cc[c-]c(-c2ccccn2)c1O.[Ir]. The van der Waals surface area contributed by atoms with Crippen molar-refractivity contribution in [3.8, 4) is 17.0 Å². The van der Waals surface area contributed by atoms with Gasteiger partial charge in [-0.1, -0.05) is 17.7 Å². The molecule has 1 radical (unpaired) electrons. The van der Waals surface area contributed by atoms with Crippen LogP contribution in [-0.4, -0.2) is 16.4 Å². The Morgan fingerprint density at radius 3 is 2.75 bits per heavy atom. The maximum absolute atomic E-state index is 10.6. The fourth-order valence-electron chi connectivity index (χ4n) is 1.31. The average Bonchev–Trinajstić information content (AvgIpc) is 2.30. The van der Waals surface area contributed by atoms with E-state index in [0.717, 1.165) is 0 Å². The third kappa shape index (κ3) is 2.35. The maximum atomic E-state index is 10.6. The molecule has 83 valence electrons. The van der Waals surface area contributed by atoms with Crippen LogP contribution in [0.4, 0.5) is 0 Å². The van der Waals surface area contributed by atoms with Gasteiger partial charge in [0.05, 0.1) is 0 Å². The summed E-state index contributed by atoms with van der Waals surface area (Å²) in [6.07, 6.45) is 2.23. The summed E-state index contributed by atoms with van der Waals surface area (Å²) in [4.78, 5) is 14.7. The van der Waals surface area contributed by atoms with Crippen LogP contribution in [0.25, 0.3) is 11.3 Å². The second-order valence-electron chi connectivity index (χ2n) is 2.99. The molecule has 0 amide bonds. The Morgan fingerprint density at radius 1 is 1.31 bits per heavy atom. The summed E-state index contributed by atoms with van der Waals surface area (Å²) >= 11 is 0. The first-order chi connectivity index (χ1) is 7.33. The van der Waals surface area contributed by atoms with Crippen molar-refractivity contribution in [2.24, 2.45) is 0 Å². The van der Waals surface area contributed by atoms with E-state index in [1.165, 1.54) is 6.07 Å². The van der Waals surface area contributed by atoms with Crippen LogP contribution < -0.4 is 0 Å². The van der Waals surface area contributed by atoms with Crippen molar-refractivity contribution in [3.63, 3.8) is 0 Å². The van der Waals surface area contributed by atoms with Gasteiger partial charge in [0.1, 0.15) is 6.29 Å². The first-order valence-electron chi connectivity index (χ1n) is 4.43. The number of carbonyl (C=O) groups excluding carboxylic acids is 1. The van der Waals surface area contributed by atoms with Crippen molar-refractivity contribution in [1.29, 1.82) is 0 Å². The van der Waals surface area contributed by atoms with Crippen molar-refractivity contribution < 1.29 is 30.0 Å². The van der Waals surface area contributed by atoms with Crippen LogP contribution in [0.3, 0.4) is 0 Å². The minimum atomic E-state index is -0.0776. The monoisotopic (exact) mass is 391 g/mol. The van der Waals surface area contributed by atoms with Crippen molar-refractivity contribution in [2.75, 3.05) is 0 Å². The smallest absolute Gasteiger partial charge is 0.135 e. The minimum Gasteiger partial charge on any atom is -0.551 e. The van der Waals surface area contributed by atoms with Gasteiger partial charge in [0.2, 0.25) is 0 Å². The van der Waals surface area contributed by atoms with Crippen LogP contribution in [0, 0.1) is 6.07 Å². The van der Waals surface area contributed by atoms with Gasteiger partial charge in [-0.15, -0.1) is 18.2 Å². The molecule has 16 heavy (non-hydrogen) atoms. The van der Waals surface area contributed by atoms with Crippen LogP contribution in [0.15, 0.2) is 36.5 Å². The molecule has 0 bridgehead atoms. The second-order valence-corrected chi connectivity index (χ2v) is 2.99. The topological polar surface area (TPSA) is 50.2 Å². The van der Waals surface area contributed by atoms with Crippen LogP contribution in [-0.2, 0) is 20.1 Å². The molecule has 4 heteroatoms. The van der Waals surface area contributed by atoms with E-state index in [2.05, 4.69) is 11.1 Å². The molecule has 0 atom stereocenters. The number of aromatic hydroxyl groups is 1. The molecule has 0 saturated carbocycles. The molecule has 1 aromatic heterocycles. The number of rotatable bonds is 2. The Morgan fingerprint density at radius 2 is 2.12 bits per heavy atom. The van der Waals surface area contributed by atoms with E-state index in [9.17, 15) is 9.90 Å². The van der Waals surface area contributed by atoms with Gasteiger partial charge in [0.25, 0.3) is 0 Å². The van der Waals surface area contributed by atoms with Crippen LogP contribution >= 0.6 is 0 Å². The summed E-state index contributed by atoms with van der Waals surface area (Å²) in [6.45, 7) is 0. The maximum Gasteiger partial charge on any atom is 0.135 e. The second kappa shape index (κ2) is 5.54. The average molecular weight is 390 g/mol. The number of nitrogens with zero attached hydrogens (tertiary/aromatic N) is 1. The fourth-order valence-corrected chi connectivity index (χ4v) is 1.31. The van der Waals surface area contributed by atoms with Gasteiger partial charge in [-0.2, -0.15) is 0 Å². The Hall–Kier alpha value is -1.51. The Bertz CT molecular complexity index is 486. The van der Waals surface area contributed by atoms with Gasteiger partial charge in [-0.3, -0.25) is 4.79 Å². The number of hydrogen-bond donors (Lipinski definition) is 1. The summed E-state index contributed by atoms with van der Waals surface area (Å²) < 4.78 is 0. The molecule has 0 aliphatic rings. The van der Waals surface area contributed by atoms with Crippen molar-refractivity contribution in [2.45, 2.75) is 0 Å². The van der Waals surface area contributed by atoms with Gasteiger partial charge in [-0.05, 0) is 17.3 Å². The summed E-state index contributed by atoms with van der Waals surface area (Å²) in [6, 6.07) is 11.3. The van der Waals surface area contributed by atoms with E-state index in [0.29, 0.717) is 17.5 Å². The standard InChI is InChI=1S/C12H8NO2.Ir/c14-8-9-4-3-5-10(12(9)15)11-6-1-2-7-13-11;/h1-4,6-8,15H;/q-1;. The van der Waals surface area contributed by atoms with E-state index < -0.39 is 0 Å². The molecule has 0 unspecified atom stereocenters. The van der Waals surface area contributed by atoms with Gasteiger partial charge in [0, 0.05) is 32.1 Å². The van der Waals surface area contributed by atoms with Crippen molar-refractivity contribution >= 4 is 6.29 Å². The number of aldehydes is 1. The molecule has 1 heterocycles. The first-order valence-corrected chi connectivity index (χ1v) is 4.43. The Balaban J connectivity index is 0.00000128. The Kier molecular flexibility index (Phi) is 4.35. The third-order valence-electron chi connectivity index (χ3n) is 2.05. The molecule has 0 aliphatic heterocycles. The predicted molar refractivity (Wildman–Crippen MR) is 55.6 cm³/mol. The number of benzene rings is 1. The molecule has 0 spiro atoms. The molecule has 3 nitrogen and oxygen atoms in total. The first kappa shape index (κ1) is 12.6. The van der Waals surface area contributed by atoms with Gasteiger partial charge in [-0.25, -0.2) is 0 Å². The number of pyridine rings is 1. The number of hydrogen-bond acceptors (Lipinski definition) is 3. The number of aromatic nitrogens is 1. The summed E-state index contributed by atoms with van der Waals surface area (Å²) in [5, 5.41) is 9.74. The van der Waals surface area contributed by atoms with Crippen LogP contribution in [0.5, 0.6) is 5.75 Å². The van der Waals surface area contributed by atoms with Crippen LogP contribution in [0.1, 0.15) is 10.4 Å². The molecular weight excluding hydrogens is 382 g/mol. The van der Waals surface area contributed by atoms with E-state index in [4.69, 9.17) is 0 Å². The quantitative estimate of drug-likeness (QED) is 0.631. The summed E-state index contributed by atoms with van der Waals surface area (Å²) in [5.74, 6) is -0.0776. The zero-order valence-corrected chi connectivity index (χ0v) is 10.6. The number of phenolic OH excluding ortho intramolecular Hbond substituents is 1. The molecule has 0 fully saturated rings. The molecule has 1 aromatic carbocycles. The van der Waals surface area contributed by atoms with Crippen LogP contribution in [0.2, 0.25) is 0 Å². The van der Waals surface area contributed by atoms with Crippen molar-refractivity contribution in [3.05, 3.63) is 48.2 Å². The molecule has 0 aliphatic carbocycles. The summed E-state index contributed by atoms with van der Waals surface area (Å²) in [5.41, 5.74) is 1.29.